The summed E-state index contributed by atoms with van der Waals surface area (Å²) >= 11 is 0. The molecule has 0 aromatic heterocycles. The Morgan fingerprint density at radius 3 is 2.48 bits per heavy atom. The average Bonchev–Trinajstić information content (AvgIpc) is 2.40. The molecule has 0 aliphatic carbocycles. The average molecular weight is 288 g/mol. The molecule has 1 aliphatic rings. The SMILES string of the molecule is Cc1cc(C)cc(C(=O)O/N=C2\C[C@H](C)N(C)C[C@H]2C)c1. The summed E-state index contributed by atoms with van der Waals surface area (Å²) in [6.45, 7) is 9.16. The number of nitrogens with zero attached hydrogens (tertiary/aromatic N) is 2. The van der Waals surface area contributed by atoms with Gasteiger partial charge in [-0.25, -0.2) is 4.79 Å². The summed E-state index contributed by atoms with van der Waals surface area (Å²) in [6, 6.07) is 6.12. The predicted molar refractivity (Wildman–Crippen MR) is 84.6 cm³/mol. The molecule has 1 fully saturated rings. The second kappa shape index (κ2) is 6.39. The minimum absolute atomic E-state index is 0.318. The smallest absolute Gasteiger partial charge is 0.313 e. The molecule has 1 heterocycles. The molecule has 0 N–H and O–H groups in total. The fraction of sp³-hybridized carbons (Fsp3) is 0.529. The normalized spacial score (nSPS) is 25.1. The van der Waals surface area contributed by atoms with Gasteiger partial charge < -0.3 is 9.74 Å². The summed E-state index contributed by atoms with van der Waals surface area (Å²) in [5.74, 6) is -0.0636. The first-order chi connectivity index (χ1) is 9.86. The highest BCUT2D eigenvalue weighted by atomic mass is 16.7. The molecule has 4 heteroatoms. The standard InChI is InChI=1S/C17H24N2O2/c1-11-6-12(2)8-15(7-11)17(20)21-18-16-9-14(4)19(5)10-13(16)3/h6-8,13-14H,9-10H2,1-5H3/b18-16+/t13-,14+/m1/s1. The van der Waals surface area contributed by atoms with Crippen LogP contribution in [0.1, 0.15) is 41.8 Å². The van der Waals surface area contributed by atoms with Crippen molar-refractivity contribution in [3.05, 3.63) is 34.9 Å². The topological polar surface area (TPSA) is 41.9 Å². The van der Waals surface area contributed by atoms with E-state index in [1.807, 2.05) is 32.0 Å². The number of likely N-dealkylation sites (tertiary alicyclic amines) is 1. The van der Waals surface area contributed by atoms with Gasteiger partial charge in [-0.2, -0.15) is 0 Å². The zero-order chi connectivity index (χ0) is 15.6. The van der Waals surface area contributed by atoms with Gasteiger partial charge in [0, 0.05) is 24.9 Å². The highest BCUT2D eigenvalue weighted by molar-refractivity contribution is 5.92. The number of rotatable bonds is 2. The van der Waals surface area contributed by atoms with Crippen molar-refractivity contribution in [2.45, 2.75) is 40.2 Å². The third-order valence-electron chi connectivity index (χ3n) is 4.09. The second-order valence-corrected chi connectivity index (χ2v) is 6.23. The molecule has 1 aliphatic heterocycles. The maximum absolute atomic E-state index is 12.1. The van der Waals surface area contributed by atoms with Crippen molar-refractivity contribution in [3.63, 3.8) is 0 Å². The first-order valence-electron chi connectivity index (χ1n) is 7.43. The Balaban J connectivity index is 2.07. The Hall–Kier alpha value is -1.68. The van der Waals surface area contributed by atoms with E-state index in [0.29, 0.717) is 17.5 Å². The number of oxime groups is 1. The van der Waals surface area contributed by atoms with Gasteiger partial charge in [0.1, 0.15) is 0 Å². The second-order valence-electron chi connectivity index (χ2n) is 6.23. The van der Waals surface area contributed by atoms with Gasteiger partial charge in [-0.1, -0.05) is 29.3 Å². The van der Waals surface area contributed by atoms with Crippen LogP contribution >= 0.6 is 0 Å². The molecule has 1 saturated heterocycles. The van der Waals surface area contributed by atoms with Gasteiger partial charge in [0.25, 0.3) is 0 Å². The molecule has 1 aromatic carbocycles. The van der Waals surface area contributed by atoms with Crippen molar-refractivity contribution >= 4 is 11.7 Å². The number of hydrogen-bond donors (Lipinski definition) is 0. The number of aryl methyl sites for hydroxylation is 2. The lowest BCUT2D eigenvalue weighted by Gasteiger charge is -2.34. The molecular formula is C17H24N2O2. The van der Waals surface area contributed by atoms with E-state index in [0.717, 1.165) is 29.8 Å². The van der Waals surface area contributed by atoms with Crippen LogP contribution in [0.4, 0.5) is 0 Å². The largest absolute Gasteiger partial charge is 0.365 e. The molecular weight excluding hydrogens is 264 g/mol. The zero-order valence-electron chi connectivity index (χ0n) is 13.5. The van der Waals surface area contributed by atoms with Crippen LogP contribution < -0.4 is 0 Å². The van der Waals surface area contributed by atoms with Crippen LogP contribution in [-0.4, -0.2) is 36.2 Å². The highest BCUT2D eigenvalue weighted by Crippen LogP contribution is 2.18. The van der Waals surface area contributed by atoms with E-state index >= 15 is 0 Å². The third kappa shape index (κ3) is 3.91. The van der Waals surface area contributed by atoms with Gasteiger partial charge in [0.05, 0.1) is 11.3 Å². The van der Waals surface area contributed by atoms with E-state index in [4.69, 9.17) is 4.84 Å². The fourth-order valence-electron chi connectivity index (χ4n) is 2.75. The Bertz CT molecular complexity index is 546. The number of carbonyl (C=O) groups excluding carboxylic acids is 1. The van der Waals surface area contributed by atoms with E-state index in [9.17, 15) is 4.79 Å². The summed E-state index contributed by atoms with van der Waals surface area (Å²) in [5.41, 5.74) is 3.63. The van der Waals surface area contributed by atoms with E-state index in [-0.39, 0.29) is 5.97 Å². The molecule has 0 radical (unpaired) electrons. The lowest BCUT2D eigenvalue weighted by atomic mass is 9.93. The molecule has 2 rings (SSSR count). The van der Waals surface area contributed by atoms with Gasteiger partial charge >= 0.3 is 5.97 Å². The molecule has 1 aromatic rings. The van der Waals surface area contributed by atoms with Crippen LogP contribution in [-0.2, 0) is 4.84 Å². The van der Waals surface area contributed by atoms with Crippen molar-refractivity contribution in [2.75, 3.05) is 13.6 Å². The fourth-order valence-corrected chi connectivity index (χ4v) is 2.75. The van der Waals surface area contributed by atoms with Crippen molar-refractivity contribution in [3.8, 4) is 0 Å². The van der Waals surface area contributed by atoms with Crippen LogP contribution in [0.25, 0.3) is 0 Å². The third-order valence-corrected chi connectivity index (χ3v) is 4.09. The molecule has 0 unspecified atom stereocenters. The van der Waals surface area contributed by atoms with Gasteiger partial charge in [0.2, 0.25) is 0 Å². The molecule has 0 saturated carbocycles. The van der Waals surface area contributed by atoms with Crippen molar-refractivity contribution in [1.29, 1.82) is 0 Å². The van der Waals surface area contributed by atoms with Gasteiger partial charge in [-0.15, -0.1) is 0 Å². The van der Waals surface area contributed by atoms with E-state index in [1.54, 1.807) is 0 Å². The van der Waals surface area contributed by atoms with Crippen LogP contribution in [0.2, 0.25) is 0 Å². The van der Waals surface area contributed by atoms with Crippen LogP contribution in [0, 0.1) is 19.8 Å². The van der Waals surface area contributed by atoms with Crippen molar-refractivity contribution < 1.29 is 9.63 Å². The Morgan fingerprint density at radius 2 is 1.86 bits per heavy atom. The number of piperidine rings is 1. The monoisotopic (exact) mass is 288 g/mol. The summed E-state index contributed by atoms with van der Waals surface area (Å²) in [6.07, 6.45) is 0.845. The molecule has 2 atom stereocenters. The first-order valence-corrected chi connectivity index (χ1v) is 7.43. The maximum atomic E-state index is 12.1. The number of benzene rings is 1. The summed E-state index contributed by atoms with van der Waals surface area (Å²) in [5, 5.41) is 4.13. The van der Waals surface area contributed by atoms with Crippen molar-refractivity contribution in [2.24, 2.45) is 11.1 Å². The van der Waals surface area contributed by atoms with Crippen molar-refractivity contribution in [1.82, 2.24) is 4.90 Å². The van der Waals surface area contributed by atoms with E-state index in [1.165, 1.54) is 0 Å². The molecule has 0 bridgehead atoms. The number of hydrogen-bond acceptors (Lipinski definition) is 4. The predicted octanol–water partition coefficient (Wildman–Crippen LogP) is 3.18. The molecule has 0 spiro atoms. The summed E-state index contributed by atoms with van der Waals surface area (Å²) in [4.78, 5) is 19.6. The Labute approximate surface area is 126 Å². The van der Waals surface area contributed by atoms with Gasteiger partial charge in [0.15, 0.2) is 0 Å². The van der Waals surface area contributed by atoms with E-state index in [2.05, 4.69) is 31.0 Å². The molecule has 4 nitrogen and oxygen atoms in total. The van der Waals surface area contributed by atoms with E-state index < -0.39 is 0 Å². The van der Waals surface area contributed by atoms with Gasteiger partial charge in [-0.3, -0.25) is 0 Å². The highest BCUT2D eigenvalue weighted by Gasteiger charge is 2.26. The van der Waals surface area contributed by atoms with Gasteiger partial charge in [-0.05, 0) is 40.0 Å². The Kier molecular flexibility index (Phi) is 4.78. The quantitative estimate of drug-likeness (QED) is 0.620. The molecule has 114 valence electrons. The minimum atomic E-state index is -0.381. The van der Waals surface area contributed by atoms with Crippen LogP contribution in [0.15, 0.2) is 23.4 Å². The van der Waals surface area contributed by atoms with Crippen LogP contribution in [0.5, 0.6) is 0 Å². The summed E-state index contributed by atoms with van der Waals surface area (Å²) < 4.78 is 0. The number of carbonyl (C=O) groups is 1. The lowest BCUT2D eigenvalue weighted by molar-refractivity contribution is 0.0508. The Morgan fingerprint density at radius 1 is 1.24 bits per heavy atom. The lowest BCUT2D eigenvalue weighted by Crippen LogP contribution is -2.43. The molecule has 21 heavy (non-hydrogen) atoms. The summed E-state index contributed by atoms with van der Waals surface area (Å²) in [7, 11) is 2.11. The molecule has 0 amide bonds. The van der Waals surface area contributed by atoms with Crippen LogP contribution in [0.3, 0.4) is 0 Å². The first kappa shape index (κ1) is 15.7. The minimum Gasteiger partial charge on any atom is -0.313 e. The zero-order valence-corrected chi connectivity index (χ0v) is 13.5. The maximum Gasteiger partial charge on any atom is 0.365 e.